The molecule has 0 heterocycles. The van der Waals surface area contributed by atoms with Gasteiger partial charge in [-0.05, 0) is 30.7 Å². The maximum Gasteiger partial charge on any atom is 0.220 e. The number of rotatable bonds is 5. The van der Waals surface area contributed by atoms with Crippen LogP contribution in [0.25, 0.3) is 0 Å². The first kappa shape index (κ1) is 12.0. The van der Waals surface area contributed by atoms with E-state index >= 15 is 0 Å². The van der Waals surface area contributed by atoms with Gasteiger partial charge in [0.1, 0.15) is 0 Å². The average molecular weight is 227 g/mol. The van der Waals surface area contributed by atoms with Crippen molar-refractivity contribution in [3.8, 4) is 0 Å². The van der Waals surface area contributed by atoms with E-state index in [4.69, 9.17) is 17.3 Å². The smallest absolute Gasteiger partial charge is 0.220 e. The Morgan fingerprint density at radius 2 is 2.27 bits per heavy atom. The number of hydrogen-bond acceptors (Lipinski definition) is 2. The predicted molar refractivity (Wildman–Crippen MR) is 61.6 cm³/mol. The van der Waals surface area contributed by atoms with Crippen LogP contribution in [-0.4, -0.2) is 12.5 Å². The SMILES string of the molecule is NCCCC(=O)NCc1cccc(Cl)c1. The summed E-state index contributed by atoms with van der Waals surface area (Å²) in [6.45, 7) is 1.06. The summed E-state index contributed by atoms with van der Waals surface area (Å²) in [5, 5.41) is 3.49. The van der Waals surface area contributed by atoms with Crippen molar-refractivity contribution in [3.05, 3.63) is 34.9 Å². The monoisotopic (exact) mass is 226 g/mol. The fraction of sp³-hybridized carbons (Fsp3) is 0.364. The molecule has 1 amide bonds. The molecule has 0 saturated heterocycles. The number of nitrogens with one attached hydrogen (secondary N) is 1. The molecule has 0 unspecified atom stereocenters. The first-order valence-electron chi connectivity index (χ1n) is 4.93. The maximum absolute atomic E-state index is 11.3. The van der Waals surface area contributed by atoms with Gasteiger partial charge in [-0.3, -0.25) is 4.79 Å². The Kier molecular flexibility index (Phi) is 5.15. The minimum absolute atomic E-state index is 0.0282. The zero-order valence-electron chi connectivity index (χ0n) is 8.50. The van der Waals surface area contributed by atoms with Gasteiger partial charge in [-0.2, -0.15) is 0 Å². The molecule has 0 bridgehead atoms. The van der Waals surface area contributed by atoms with Crippen LogP contribution in [-0.2, 0) is 11.3 Å². The molecule has 15 heavy (non-hydrogen) atoms. The second kappa shape index (κ2) is 6.43. The minimum atomic E-state index is 0.0282. The molecule has 0 aliphatic heterocycles. The standard InChI is InChI=1S/C11H15ClN2O/c12-10-4-1-3-9(7-10)8-14-11(15)5-2-6-13/h1,3-4,7H,2,5-6,8,13H2,(H,14,15). The summed E-state index contributed by atoms with van der Waals surface area (Å²) in [5.74, 6) is 0.0282. The molecule has 3 nitrogen and oxygen atoms in total. The number of hydrogen-bond donors (Lipinski definition) is 2. The summed E-state index contributed by atoms with van der Waals surface area (Å²) < 4.78 is 0. The Morgan fingerprint density at radius 3 is 2.93 bits per heavy atom. The third-order valence-electron chi connectivity index (χ3n) is 1.99. The first-order chi connectivity index (χ1) is 7.22. The zero-order chi connectivity index (χ0) is 11.1. The summed E-state index contributed by atoms with van der Waals surface area (Å²) >= 11 is 5.81. The molecule has 1 rings (SSSR count). The summed E-state index contributed by atoms with van der Waals surface area (Å²) in [5.41, 5.74) is 6.31. The summed E-state index contributed by atoms with van der Waals surface area (Å²) in [6, 6.07) is 7.44. The molecule has 0 fully saturated rings. The molecule has 3 N–H and O–H groups in total. The lowest BCUT2D eigenvalue weighted by atomic mass is 10.2. The van der Waals surface area contributed by atoms with Gasteiger partial charge in [0.05, 0.1) is 0 Å². The molecule has 0 aliphatic rings. The van der Waals surface area contributed by atoms with Crippen LogP contribution in [0.2, 0.25) is 5.02 Å². The van der Waals surface area contributed by atoms with Gasteiger partial charge in [-0.25, -0.2) is 0 Å². The van der Waals surface area contributed by atoms with Crippen LogP contribution in [0.1, 0.15) is 18.4 Å². The molecular formula is C11H15ClN2O. The highest BCUT2D eigenvalue weighted by atomic mass is 35.5. The van der Waals surface area contributed by atoms with Crippen LogP contribution < -0.4 is 11.1 Å². The summed E-state index contributed by atoms with van der Waals surface area (Å²) in [6.07, 6.45) is 1.21. The van der Waals surface area contributed by atoms with Crippen molar-refractivity contribution in [1.29, 1.82) is 0 Å². The Labute approximate surface area is 94.6 Å². The maximum atomic E-state index is 11.3. The van der Waals surface area contributed by atoms with Crippen LogP contribution >= 0.6 is 11.6 Å². The molecule has 0 spiro atoms. The van der Waals surface area contributed by atoms with E-state index in [2.05, 4.69) is 5.32 Å². The van der Waals surface area contributed by atoms with Gasteiger partial charge < -0.3 is 11.1 Å². The third kappa shape index (κ3) is 4.81. The van der Waals surface area contributed by atoms with Gasteiger partial charge >= 0.3 is 0 Å². The van der Waals surface area contributed by atoms with Crippen LogP contribution in [0.5, 0.6) is 0 Å². The quantitative estimate of drug-likeness (QED) is 0.803. The molecule has 0 saturated carbocycles. The van der Waals surface area contributed by atoms with Gasteiger partial charge in [0.25, 0.3) is 0 Å². The van der Waals surface area contributed by atoms with Gasteiger partial charge in [-0.15, -0.1) is 0 Å². The lowest BCUT2D eigenvalue weighted by Crippen LogP contribution is -2.23. The molecule has 0 aliphatic carbocycles. The second-order valence-corrected chi connectivity index (χ2v) is 3.74. The van der Waals surface area contributed by atoms with Gasteiger partial charge in [-0.1, -0.05) is 23.7 Å². The van der Waals surface area contributed by atoms with E-state index in [1.54, 1.807) is 6.07 Å². The van der Waals surface area contributed by atoms with E-state index in [9.17, 15) is 4.79 Å². The van der Waals surface area contributed by atoms with Gasteiger partial charge in [0.15, 0.2) is 0 Å². The molecule has 4 heteroatoms. The van der Waals surface area contributed by atoms with Gasteiger partial charge in [0, 0.05) is 18.0 Å². The lowest BCUT2D eigenvalue weighted by Gasteiger charge is -2.04. The van der Waals surface area contributed by atoms with Gasteiger partial charge in [0.2, 0.25) is 5.91 Å². The van der Waals surface area contributed by atoms with Crippen molar-refractivity contribution >= 4 is 17.5 Å². The normalized spacial score (nSPS) is 10.0. The van der Waals surface area contributed by atoms with Crippen molar-refractivity contribution in [2.75, 3.05) is 6.54 Å². The molecule has 0 aromatic heterocycles. The zero-order valence-corrected chi connectivity index (χ0v) is 9.26. The molecular weight excluding hydrogens is 212 g/mol. The number of halogens is 1. The van der Waals surface area contributed by atoms with Crippen molar-refractivity contribution < 1.29 is 4.79 Å². The van der Waals surface area contributed by atoms with Crippen LogP contribution in [0.15, 0.2) is 24.3 Å². The number of nitrogens with two attached hydrogens (primary N) is 1. The van der Waals surface area contributed by atoms with E-state index < -0.39 is 0 Å². The van der Waals surface area contributed by atoms with E-state index in [1.165, 1.54) is 0 Å². The highest BCUT2D eigenvalue weighted by Crippen LogP contribution is 2.10. The highest BCUT2D eigenvalue weighted by molar-refractivity contribution is 6.30. The topological polar surface area (TPSA) is 55.1 Å². The Balaban J connectivity index is 2.33. The predicted octanol–water partition coefficient (Wildman–Crippen LogP) is 1.70. The van der Waals surface area contributed by atoms with Crippen LogP contribution in [0.3, 0.4) is 0 Å². The van der Waals surface area contributed by atoms with Crippen LogP contribution in [0.4, 0.5) is 0 Å². The summed E-state index contributed by atoms with van der Waals surface area (Å²) in [4.78, 5) is 11.3. The average Bonchev–Trinajstić information content (AvgIpc) is 2.23. The lowest BCUT2D eigenvalue weighted by molar-refractivity contribution is -0.121. The number of carbonyl (C=O) groups is 1. The Bertz CT molecular complexity index is 328. The van der Waals surface area contributed by atoms with E-state index in [-0.39, 0.29) is 5.91 Å². The molecule has 1 aromatic rings. The molecule has 1 aromatic carbocycles. The number of benzene rings is 1. The first-order valence-corrected chi connectivity index (χ1v) is 5.31. The Morgan fingerprint density at radius 1 is 1.47 bits per heavy atom. The van der Waals surface area contributed by atoms with E-state index in [0.29, 0.717) is 24.5 Å². The minimum Gasteiger partial charge on any atom is -0.352 e. The molecule has 82 valence electrons. The Hall–Kier alpha value is -1.06. The van der Waals surface area contributed by atoms with Crippen molar-refractivity contribution in [2.45, 2.75) is 19.4 Å². The summed E-state index contributed by atoms with van der Waals surface area (Å²) in [7, 11) is 0. The number of carbonyl (C=O) groups excluding carboxylic acids is 1. The van der Waals surface area contributed by atoms with Crippen molar-refractivity contribution in [2.24, 2.45) is 5.73 Å². The largest absolute Gasteiger partial charge is 0.352 e. The molecule has 0 atom stereocenters. The molecule has 0 radical (unpaired) electrons. The third-order valence-corrected chi connectivity index (χ3v) is 2.22. The van der Waals surface area contributed by atoms with Crippen molar-refractivity contribution in [3.63, 3.8) is 0 Å². The van der Waals surface area contributed by atoms with E-state index in [1.807, 2.05) is 18.2 Å². The fourth-order valence-electron chi connectivity index (χ4n) is 1.20. The van der Waals surface area contributed by atoms with E-state index in [0.717, 1.165) is 12.0 Å². The second-order valence-electron chi connectivity index (χ2n) is 3.30. The fourth-order valence-corrected chi connectivity index (χ4v) is 1.41. The highest BCUT2D eigenvalue weighted by Gasteiger charge is 2.00. The number of amides is 1. The van der Waals surface area contributed by atoms with Crippen molar-refractivity contribution in [1.82, 2.24) is 5.32 Å². The van der Waals surface area contributed by atoms with Crippen LogP contribution in [0, 0.1) is 0 Å².